The van der Waals surface area contributed by atoms with E-state index in [2.05, 4.69) is 0 Å². The molecule has 0 aliphatic heterocycles. The first-order chi connectivity index (χ1) is 6.97. The molecule has 0 amide bonds. The highest BCUT2D eigenvalue weighted by Gasteiger charge is 2.23. The average Bonchev–Trinajstić information content (AvgIpc) is 2.15. The largest absolute Gasteiger partial charge is 0.298 e. The Hall–Kier alpha value is -1.02. The molecule has 0 atom stereocenters. The second-order valence-electron chi connectivity index (χ2n) is 2.54. The first kappa shape index (κ1) is 12.1. The average molecular weight is 339 g/mol. The van der Waals surface area contributed by atoms with Crippen LogP contribution in [0.1, 0.15) is 20.7 Å². The number of halogens is 2. The van der Waals surface area contributed by atoms with Crippen LogP contribution in [0.2, 0.25) is 0 Å². The number of benzene rings is 1. The fourth-order valence-electron chi connectivity index (χ4n) is 1.06. The normalized spacial score (nSPS) is 9.73. The van der Waals surface area contributed by atoms with Crippen molar-refractivity contribution in [1.29, 1.82) is 0 Å². The van der Waals surface area contributed by atoms with Crippen LogP contribution in [-0.4, -0.2) is 16.5 Å². The van der Waals surface area contributed by atoms with E-state index >= 15 is 0 Å². The Kier molecular flexibility index (Phi) is 3.75. The summed E-state index contributed by atoms with van der Waals surface area (Å²) in [6.45, 7) is 0. The van der Waals surface area contributed by atoms with Crippen LogP contribution in [0.5, 0.6) is 0 Å². The van der Waals surface area contributed by atoms with E-state index in [0.717, 1.165) is 0 Å². The van der Waals surface area contributed by atoms with Crippen LogP contribution in [0.4, 0.5) is 5.69 Å². The lowest BCUT2D eigenvalue weighted by Crippen LogP contribution is -2.03. The summed E-state index contributed by atoms with van der Waals surface area (Å²) < 4.78 is 0.489. The van der Waals surface area contributed by atoms with Gasteiger partial charge in [-0.15, -0.1) is 0 Å². The molecule has 78 valence electrons. The van der Waals surface area contributed by atoms with E-state index < -0.39 is 15.9 Å². The van der Waals surface area contributed by atoms with Crippen LogP contribution < -0.4 is 0 Å². The molecule has 0 fully saturated rings. The number of hydrogen-bond acceptors (Lipinski definition) is 4. The van der Waals surface area contributed by atoms with Gasteiger partial charge in [0.1, 0.15) is 5.56 Å². The molecule has 0 aromatic heterocycles. The molecule has 0 unspecified atom stereocenters. The highest BCUT2D eigenvalue weighted by molar-refractivity contribution is 14.1. The highest BCUT2D eigenvalue weighted by atomic mass is 127. The summed E-state index contributed by atoms with van der Waals surface area (Å²) in [6.07, 6.45) is 0.366. The van der Waals surface area contributed by atoms with Crippen molar-refractivity contribution in [2.45, 2.75) is 0 Å². The van der Waals surface area contributed by atoms with Crippen LogP contribution in [0.25, 0.3) is 0 Å². The quantitative estimate of drug-likeness (QED) is 0.278. The number of nitro benzene ring substituents is 1. The zero-order valence-electron chi connectivity index (χ0n) is 7.07. The molecule has 1 aromatic rings. The molecule has 0 spiro atoms. The number of nitro groups is 1. The Bertz CT molecular complexity index is 460. The minimum Gasteiger partial charge on any atom is -0.298 e. The molecule has 0 aliphatic rings. The third-order valence-corrected chi connectivity index (χ3v) is 2.44. The van der Waals surface area contributed by atoms with Crippen molar-refractivity contribution in [3.8, 4) is 0 Å². The summed E-state index contributed by atoms with van der Waals surface area (Å²) >= 11 is 6.99. The van der Waals surface area contributed by atoms with Gasteiger partial charge in [0.05, 0.1) is 4.92 Å². The molecule has 1 rings (SSSR count). The van der Waals surface area contributed by atoms with Crippen molar-refractivity contribution in [2.24, 2.45) is 0 Å². The van der Waals surface area contributed by atoms with Gasteiger partial charge in [-0.25, -0.2) is 0 Å². The van der Waals surface area contributed by atoms with Gasteiger partial charge in [-0.05, 0) is 40.3 Å². The Morgan fingerprint density at radius 3 is 2.53 bits per heavy atom. The molecule has 1 aromatic carbocycles. The van der Waals surface area contributed by atoms with Crippen LogP contribution in [-0.2, 0) is 0 Å². The molecule has 0 aliphatic carbocycles. The minimum absolute atomic E-state index is 0.0754. The van der Waals surface area contributed by atoms with Gasteiger partial charge in [0.2, 0.25) is 0 Å². The number of nitrogens with zero attached hydrogens (tertiary/aromatic N) is 1. The number of rotatable bonds is 3. The van der Waals surface area contributed by atoms with Crippen molar-refractivity contribution >= 4 is 51.4 Å². The molecule has 5 nitrogen and oxygen atoms in total. The van der Waals surface area contributed by atoms with Crippen molar-refractivity contribution in [3.05, 3.63) is 36.9 Å². The third-order valence-electron chi connectivity index (χ3n) is 1.63. The highest BCUT2D eigenvalue weighted by Crippen LogP contribution is 2.26. The van der Waals surface area contributed by atoms with Crippen LogP contribution in [0, 0.1) is 13.7 Å². The van der Waals surface area contributed by atoms with Crippen LogP contribution >= 0.6 is 34.2 Å². The van der Waals surface area contributed by atoms with E-state index in [1.807, 2.05) is 22.6 Å². The molecule has 0 saturated carbocycles. The van der Waals surface area contributed by atoms with Crippen molar-refractivity contribution < 1.29 is 14.5 Å². The van der Waals surface area contributed by atoms with Crippen molar-refractivity contribution in [1.82, 2.24) is 0 Å². The standard InChI is InChI=1S/C8H3ClINO4/c9-8(13)7-4(3-12)1-5(10)2-6(7)11(14)15/h1-3H. The lowest BCUT2D eigenvalue weighted by Gasteiger charge is -2.01. The van der Waals surface area contributed by atoms with E-state index in [-0.39, 0.29) is 11.1 Å². The lowest BCUT2D eigenvalue weighted by molar-refractivity contribution is -0.385. The van der Waals surface area contributed by atoms with Gasteiger partial charge in [-0.2, -0.15) is 0 Å². The fraction of sp³-hybridized carbons (Fsp3) is 0. The predicted molar refractivity (Wildman–Crippen MR) is 61.4 cm³/mol. The summed E-state index contributed by atoms with van der Waals surface area (Å²) in [6, 6.07) is 2.54. The van der Waals surface area contributed by atoms with E-state index in [1.165, 1.54) is 12.1 Å². The second kappa shape index (κ2) is 4.67. The fourth-order valence-corrected chi connectivity index (χ4v) is 1.90. The monoisotopic (exact) mass is 339 g/mol. The number of hydrogen-bond donors (Lipinski definition) is 0. The van der Waals surface area contributed by atoms with Crippen LogP contribution in [0.3, 0.4) is 0 Å². The Morgan fingerprint density at radius 2 is 2.13 bits per heavy atom. The zero-order valence-corrected chi connectivity index (χ0v) is 9.98. The first-order valence-electron chi connectivity index (χ1n) is 3.60. The Balaban J connectivity index is 3.61. The maximum atomic E-state index is 11.0. The zero-order chi connectivity index (χ0) is 11.6. The molecule has 0 heterocycles. The van der Waals surface area contributed by atoms with E-state index in [0.29, 0.717) is 9.86 Å². The summed E-state index contributed by atoms with van der Waals surface area (Å²) in [5.41, 5.74) is -0.894. The number of carbonyl (C=O) groups is 2. The SMILES string of the molecule is O=Cc1cc(I)cc([N+](=O)[O-])c1C(=O)Cl. The maximum absolute atomic E-state index is 11.0. The lowest BCUT2D eigenvalue weighted by atomic mass is 10.1. The van der Waals surface area contributed by atoms with E-state index in [9.17, 15) is 19.7 Å². The van der Waals surface area contributed by atoms with Gasteiger partial charge in [0.15, 0.2) is 6.29 Å². The van der Waals surface area contributed by atoms with Crippen molar-refractivity contribution in [3.63, 3.8) is 0 Å². The minimum atomic E-state index is -1.01. The summed E-state index contributed by atoms with van der Waals surface area (Å²) in [5, 5.41) is 9.61. The molecular formula is C8H3ClINO4. The topological polar surface area (TPSA) is 77.3 Å². The molecule has 7 heteroatoms. The van der Waals surface area contributed by atoms with Gasteiger partial charge in [-0.1, -0.05) is 0 Å². The van der Waals surface area contributed by atoms with Gasteiger partial charge >= 0.3 is 0 Å². The van der Waals surface area contributed by atoms with Crippen molar-refractivity contribution in [2.75, 3.05) is 0 Å². The number of carbonyl (C=O) groups excluding carboxylic acids is 2. The summed E-state index contributed by atoms with van der Waals surface area (Å²) in [7, 11) is 0. The Morgan fingerprint density at radius 1 is 1.53 bits per heavy atom. The van der Waals surface area contributed by atoms with Gasteiger partial charge in [0, 0.05) is 15.2 Å². The van der Waals surface area contributed by atoms with E-state index in [4.69, 9.17) is 11.6 Å². The predicted octanol–water partition coefficient (Wildman–Crippen LogP) is 2.39. The molecule has 15 heavy (non-hydrogen) atoms. The molecule has 0 N–H and O–H groups in total. The van der Waals surface area contributed by atoms with Gasteiger partial charge < -0.3 is 0 Å². The van der Waals surface area contributed by atoms with Crippen LogP contribution in [0.15, 0.2) is 12.1 Å². The first-order valence-corrected chi connectivity index (χ1v) is 5.06. The number of aldehydes is 1. The smallest absolute Gasteiger partial charge is 0.283 e. The molecule has 0 saturated heterocycles. The third kappa shape index (κ3) is 2.51. The Labute approximate surface area is 103 Å². The van der Waals surface area contributed by atoms with Gasteiger partial charge in [-0.3, -0.25) is 19.7 Å². The summed E-state index contributed by atoms with van der Waals surface area (Å²) in [4.78, 5) is 31.5. The van der Waals surface area contributed by atoms with E-state index in [1.54, 1.807) is 0 Å². The molecular weight excluding hydrogens is 336 g/mol. The maximum Gasteiger partial charge on any atom is 0.283 e. The van der Waals surface area contributed by atoms with Gasteiger partial charge in [0.25, 0.3) is 10.9 Å². The molecule has 0 bridgehead atoms. The molecule has 0 radical (unpaired) electrons. The summed E-state index contributed by atoms with van der Waals surface area (Å²) in [5.74, 6) is 0. The second-order valence-corrected chi connectivity index (χ2v) is 4.13.